The minimum atomic E-state index is -0.472. The predicted octanol–water partition coefficient (Wildman–Crippen LogP) is 0.540. The summed E-state index contributed by atoms with van der Waals surface area (Å²) >= 11 is 0. The molecule has 0 spiro atoms. The molecule has 7 heteroatoms. The number of ether oxygens (including phenoxy) is 1. The number of likely N-dealkylation sites (N-methyl/N-ethyl adjacent to an activating group) is 1. The van der Waals surface area contributed by atoms with Gasteiger partial charge in [-0.15, -0.1) is 5.10 Å². The van der Waals surface area contributed by atoms with Crippen LogP contribution in [0.2, 0.25) is 0 Å². The summed E-state index contributed by atoms with van der Waals surface area (Å²) in [6.07, 6.45) is 1.16. The summed E-state index contributed by atoms with van der Waals surface area (Å²) in [6, 6.07) is 0. The first-order valence-corrected chi connectivity index (χ1v) is 5.03. The monoisotopic (exact) mass is 227 g/mol. The van der Waals surface area contributed by atoms with Crippen LogP contribution in [0.3, 0.4) is 0 Å². The van der Waals surface area contributed by atoms with Gasteiger partial charge in [0.1, 0.15) is 11.9 Å². The number of hydrogen-bond acceptors (Lipinski definition) is 5. The molecule has 90 valence electrons. The molecular formula is C9H17N5O2. The Morgan fingerprint density at radius 1 is 1.50 bits per heavy atom. The molecule has 0 aliphatic carbocycles. The Hall–Kier alpha value is -1.66. The van der Waals surface area contributed by atoms with Crippen molar-refractivity contribution in [3.8, 4) is 0 Å². The Bertz CT molecular complexity index is 330. The molecule has 0 saturated carbocycles. The SMILES string of the molecule is CN(CCn1cnnn1)C(=O)OC(C)(C)C. The van der Waals surface area contributed by atoms with Crippen LogP contribution in [-0.4, -0.2) is 50.4 Å². The molecule has 0 fully saturated rings. The number of carbonyl (C=O) groups is 1. The Balaban J connectivity index is 2.35. The van der Waals surface area contributed by atoms with Crippen molar-refractivity contribution in [2.75, 3.05) is 13.6 Å². The highest BCUT2D eigenvalue weighted by molar-refractivity contribution is 5.67. The average molecular weight is 227 g/mol. The fourth-order valence-electron chi connectivity index (χ4n) is 0.966. The van der Waals surface area contributed by atoms with Crippen LogP contribution in [0.15, 0.2) is 6.33 Å². The number of rotatable bonds is 3. The smallest absolute Gasteiger partial charge is 0.410 e. The highest BCUT2D eigenvalue weighted by Crippen LogP contribution is 2.08. The second-order valence-corrected chi connectivity index (χ2v) is 4.47. The first-order valence-electron chi connectivity index (χ1n) is 5.03. The van der Waals surface area contributed by atoms with Gasteiger partial charge in [-0.2, -0.15) is 0 Å². The Morgan fingerprint density at radius 3 is 2.69 bits per heavy atom. The van der Waals surface area contributed by atoms with Crippen molar-refractivity contribution in [1.82, 2.24) is 25.1 Å². The van der Waals surface area contributed by atoms with Gasteiger partial charge in [0, 0.05) is 13.6 Å². The topological polar surface area (TPSA) is 73.1 Å². The molecule has 0 unspecified atom stereocenters. The minimum Gasteiger partial charge on any atom is -0.444 e. The van der Waals surface area contributed by atoms with Gasteiger partial charge < -0.3 is 9.64 Å². The maximum atomic E-state index is 11.6. The van der Waals surface area contributed by atoms with Crippen LogP contribution in [0.4, 0.5) is 4.79 Å². The van der Waals surface area contributed by atoms with Gasteiger partial charge in [-0.3, -0.25) is 0 Å². The number of nitrogens with zero attached hydrogens (tertiary/aromatic N) is 5. The molecule has 0 aromatic carbocycles. The van der Waals surface area contributed by atoms with E-state index in [1.807, 2.05) is 20.8 Å². The van der Waals surface area contributed by atoms with Gasteiger partial charge in [0.05, 0.1) is 6.54 Å². The lowest BCUT2D eigenvalue weighted by atomic mass is 10.2. The molecule has 0 atom stereocenters. The molecule has 1 aromatic heterocycles. The van der Waals surface area contributed by atoms with Gasteiger partial charge >= 0.3 is 6.09 Å². The molecule has 1 rings (SSSR count). The third-order valence-corrected chi connectivity index (χ3v) is 1.76. The van der Waals surface area contributed by atoms with E-state index in [1.165, 1.54) is 11.2 Å². The fraction of sp³-hybridized carbons (Fsp3) is 0.778. The number of amides is 1. The van der Waals surface area contributed by atoms with E-state index in [9.17, 15) is 4.79 Å². The van der Waals surface area contributed by atoms with Crippen molar-refractivity contribution in [3.05, 3.63) is 6.33 Å². The van der Waals surface area contributed by atoms with E-state index in [2.05, 4.69) is 15.5 Å². The third-order valence-electron chi connectivity index (χ3n) is 1.76. The summed E-state index contributed by atoms with van der Waals surface area (Å²) in [5, 5.41) is 10.7. The summed E-state index contributed by atoms with van der Waals surface area (Å²) in [5.74, 6) is 0. The lowest BCUT2D eigenvalue weighted by Crippen LogP contribution is -2.36. The second-order valence-electron chi connectivity index (χ2n) is 4.47. The summed E-state index contributed by atoms with van der Waals surface area (Å²) in [7, 11) is 1.68. The summed E-state index contributed by atoms with van der Waals surface area (Å²) in [5.41, 5.74) is -0.472. The first kappa shape index (κ1) is 12.4. The molecule has 0 bridgehead atoms. The van der Waals surface area contributed by atoms with Crippen molar-refractivity contribution in [2.45, 2.75) is 32.9 Å². The molecule has 0 aliphatic rings. The van der Waals surface area contributed by atoms with E-state index in [0.29, 0.717) is 13.1 Å². The minimum absolute atomic E-state index is 0.347. The molecule has 0 aliphatic heterocycles. The van der Waals surface area contributed by atoms with Crippen LogP contribution in [0.25, 0.3) is 0 Å². The van der Waals surface area contributed by atoms with Gasteiger partial charge in [0.15, 0.2) is 0 Å². The van der Waals surface area contributed by atoms with Gasteiger partial charge in [-0.25, -0.2) is 9.48 Å². The predicted molar refractivity (Wildman–Crippen MR) is 56.7 cm³/mol. The molecule has 0 N–H and O–H groups in total. The van der Waals surface area contributed by atoms with Crippen LogP contribution in [0.1, 0.15) is 20.8 Å². The zero-order valence-electron chi connectivity index (χ0n) is 10.0. The molecule has 16 heavy (non-hydrogen) atoms. The van der Waals surface area contributed by atoms with Crippen molar-refractivity contribution in [2.24, 2.45) is 0 Å². The van der Waals surface area contributed by atoms with Gasteiger partial charge in [-0.05, 0) is 31.2 Å². The number of tetrazole rings is 1. The molecule has 0 radical (unpaired) electrons. The van der Waals surface area contributed by atoms with E-state index >= 15 is 0 Å². The summed E-state index contributed by atoms with van der Waals surface area (Å²) in [6.45, 7) is 6.54. The molecule has 1 aromatic rings. The van der Waals surface area contributed by atoms with Crippen molar-refractivity contribution >= 4 is 6.09 Å². The van der Waals surface area contributed by atoms with E-state index in [-0.39, 0.29) is 6.09 Å². The third kappa shape index (κ3) is 4.24. The molecule has 1 heterocycles. The molecule has 7 nitrogen and oxygen atoms in total. The number of aromatic nitrogens is 4. The van der Waals surface area contributed by atoms with Crippen molar-refractivity contribution in [3.63, 3.8) is 0 Å². The lowest BCUT2D eigenvalue weighted by Gasteiger charge is -2.24. The quantitative estimate of drug-likeness (QED) is 0.753. The van der Waals surface area contributed by atoms with Crippen molar-refractivity contribution < 1.29 is 9.53 Å². The molecule has 1 amide bonds. The van der Waals surface area contributed by atoms with E-state index in [4.69, 9.17) is 4.74 Å². The zero-order valence-corrected chi connectivity index (χ0v) is 10.0. The van der Waals surface area contributed by atoms with E-state index in [1.54, 1.807) is 11.7 Å². The van der Waals surface area contributed by atoms with Gasteiger partial charge in [-0.1, -0.05) is 0 Å². The largest absolute Gasteiger partial charge is 0.444 e. The average Bonchev–Trinajstić information content (AvgIpc) is 2.63. The zero-order chi connectivity index (χ0) is 12.2. The highest BCUT2D eigenvalue weighted by Gasteiger charge is 2.19. The molecular weight excluding hydrogens is 210 g/mol. The first-order chi connectivity index (χ1) is 7.38. The van der Waals surface area contributed by atoms with Gasteiger partial charge in [0.25, 0.3) is 0 Å². The van der Waals surface area contributed by atoms with E-state index < -0.39 is 5.60 Å². The summed E-state index contributed by atoms with van der Waals surface area (Å²) in [4.78, 5) is 13.1. The Morgan fingerprint density at radius 2 is 2.19 bits per heavy atom. The van der Waals surface area contributed by atoms with Gasteiger partial charge in [0.2, 0.25) is 0 Å². The van der Waals surface area contributed by atoms with Crippen LogP contribution in [0.5, 0.6) is 0 Å². The Kier molecular flexibility index (Phi) is 3.81. The Labute approximate surface area is 94.4 Å². The molecule has 0 saturated heterocycles. The number of carbonyl (C=O) groups excluding carboxylic acids is 1. The maximum Gasteiger partial charge on any atom is 0.410 e. The van der Waals surface area contributed by atoms with Crippen LogP contribution < -0.4 is 0 Å². The highest BCUT2D eigenvalue weighted by atomic mass is 16.6. The van der Waals surface area contributed by atoms with Crippen LogP contribution >= 0.6 is 0 Å². The number of hydrogen-bond donors (Lipinski definition) is 0. The van der Waals surface area contributed by atoms with Crippen molar-refractivity contribution in [1.29, 1.82) is 0 Å². The normalized spacial score (nSPS) is 11.2. The second kappa shape index (κ2) is 4.91. The van der Waals surface area contributed by atoms with E-state index in [0.717, 1.165) is 0 Å². The van der Waals surface area contributed by atoms with Crippen LogP contribution in [0, 0.1) is 0 Å². The van der Waals surface area contributed by atoms with Crippen LogP contribution in [-0.2, 0) is 11.3 Å². The lowest BCUT2D eigenvalue weighted by molar-refractivity contribution is 0.0292. The summed E-state index contributed by atoms with van der Waals surface area (Å²) < 4.78 is 6.75. The maximum absolute atomic E-state index is 11.6. The standard InChI is InChI=1S/C9H17N5O2/c1-9(2,3)16-8(15)13(4)5-6-14-7-10-11-12-14/h7H,5-6H2,1-4H3. The fourth-order valence-corrected chi connectivity index (χ4v) is 0.966.